The van der Waals surface area contributed by atoms with Crippen LogP contribution in [0, 0.1) is 0 Å². The standard InChI is InChI=1S/2C43H50Cl2Si3.2ClH.Hf/c2*1-10-28-24-36-32(30-20-22-40(38(44)26-30)47(4,5)6)16-12-14-18-34(36)42(28)46(3)43-29(11-2)25-37-33(17-13-15-19-35(37)43)31-21-23-41(39(45)27-31)48(7,8)9;;;/h2*12-27,32-33,46H,10-11H2,1-9H3;2*1H;/q;;;;+2/p-2. The van der Waals surface area contributed by atoms with E-state index in [1.165, 1.54) is 110 Å². The molecule has 2 fully saturated rings. The van der Waals surface area contributed by atoms with Crippen molar-refractivity contribution in [3.8, 4) is 0 Å². The Balaban J connectivity index is 1.21. The molecule has 14 rings (SSSR count). The molecule has 8 unspecified atom stereocenters. The van der Waals surface area contributed by atoms with Crippen molar-refractivity contribution in [2.75, 3.05) is 0 Å². The fourth-order valence-electron chi connectivity index (χ4n) is 23.8. The van der Waals surface area contributed by atoms with Gasteiger partial charge in [0.2, 0.25) is 0 Å². The normalized spacial score (nSPS) is 31.1. The maximum atomic E-state index is 11.8. The number of fused-ring (bicyclic) bond motifs is 8. The van der Waals surface area contributed by atoms with Crippen molar-refractivity contribution < 1.29 is 14.7 Å². The van der Waals surface area contributed by atoms with Gasteiger partial charge in [0.15, 0.2) is 0 Å². The van der Waals surface area contributed by atoms with Crippen LogP contribution in [-0.4, -0.2) is 49.9 Å². The summed E-state index contributed by atoms with van der Waals surface area (Å²) in [5, 5.41) is 8.59. The first-order chi connectivity index (χ1) is 46.6. The molecule has 99 heavy (non-hydrogen) atoms. The molecular formula is C86H100Cl6HfSi6. The molecule has 0 amide bonds. The third-order valence-electron chi connectivity index (χ3n) is 26.7. The summed E-state index contributed by atoms with van der Waals surface area (Å²) in [4.78, 5) is 0. The minimum atomic E-state index is -8.09. The van der Waals surface area contributed by atoms with Gasteiger partial charge in [-0.1, -0.05) is 0 Å². The van der Waals surface area contributed by atoms with Crippen LogP contribution < -0.4 is 20.7 Å². The van der Waals surface area contributed by atoms with Crippen molar-refractivity contribution in [2.45, 2.75) is 180 Å². The van der Waals surface area contributed by atoms with Crippen LogP contribution in [0.25, 0.3) is 0 Å². The topological polar surface area (TPSA) is 0 Å². The number of halogens is 6. The van der Waals surface area contributed by atoms with E-state index in [4.69, 9.17) is 46.4 Å². The summed E-state index contributed by atoms with van der Waals surface area (Å²) in [7, 11) is 11.1. The summed E-state index contributed by atoms with van der Waals surface area (Å²) in [5.74, 6) is -0.475. The van der Waals surface area contributed by atoms with E-state index in [0.29, 0.717) is 0 Å². The van der Waals surface area contributed by atoms with Crippen LogP contribution in [0.2, 0.25) is 123 Å². The Morgan fingerprint density at radius 2 is 0.535 bits per heavy atom. The number of hydrogen-bond acceptors (Lipinski definition) is 0. The summed E-state index contributed by atoms with van der Waals surface area (Å²) in [6.07, 6.45) is 53.1. The Labute approximate surface area is 625 Å². The van der Waals surface area contributed by atoms with E-state index in [1.54, 1.807) is 0 Å². The quantitative estimate of drug-likeness (QED) is 0.124. The van der Waals surface area contributed by atoms with Crippen LogP contribution in [-0.2, 0) is 14.7 Å². The number of rotatable bonds is 12. The second-order valence-corrected chi connectivity index (χ2v) is 111. The monoisotopic (exact) mass is 1690 g/mol. The zero-order valence-electron chi connectivity index (χ0n) is 61.5. The predicted octanol–water partition coefficient (Wildman–Crippen LogP) is 25.1. The molecule has 0 saturated carbocycles. The van der Waals surface area contributed by atoms with Gasteiger partial charge in [-0.3, -0.25) is 0 Å². The summed E-state index contributed by atoms with van der Waals surface area (Å²) in [5.41, 5.74) is 21.4. The molecule has 0 N–H and O–H groups in total. The van der Waals surface area contributed by atoms with E-state index < -0.39 is 75.7 Å². The first-order valence-electron chi connectivity index (χ1n) is 36.7. The van der Waals surface area contributed by atoms with Gasteiger partial charge in [0.25, 0.3) is 0 Å². The third kappa shape index (κ3) is 8.75. The van der Waals surface area contributed by atoms with E-state index in [-0.39, 0.29) is 23.7 Å². The van der Waals surface area contributed by atoms with Crippen LogP contribution in [0.4, 0.5) is 0 Å². The number of hydrogen-bond donors (Lipinski definition) is 0. The number of benzene rings is 4. The molecule has 4 aromatic carbocycles. The van der Waals surface area contributed by atoms with E-state index in [1.807, 2.05) is 0 Å². The molecule has 8 aliphatic carbocycles. The Kier molecular flexibility index (Phi) is 17.6. The van der Waals surface area contributed by atoms with Crippen LogP contribution in [0.3, 0.4) is 0 Å². The van der Waals surface area contributed by atoms with E-state index in [0.717, 1.165) is 45.8 Å². The van der Waals surface area contributed by atoms with Crippen molar-refractivity contribution in [1.82, 2.24) is 0 Å². The molecule has 4 aromatic rings. The average Bonchev–Trinajstić information content (AvgIpc) is 1.50. The molecular weight excluding hydrogens is 1590 g/mol. The van der Waals surface area contributed by atoms with Gasteiger partial charge in [0.05, 0.1) is 0 Å². The zero-order valence-corrected chi connectivity index (χ0v) is 76.0. The Morgan fingerprint density at radius 1 is 0.333 bits per heavy atom. The SMILES string of the molecule is CCC1=CC2=C(C=CC=CC2c2ccc([Si](C)(C)C)c(Cl)c2)[C]12[SiH](C)[C]1(C(CC)=CC3=C1C=CC=CC3c1ccc([Si](C)(C)C)c(Cl)c1)[Hf]21([Cl])([Cl])[C]2(C(CC)=CC3=C2C=CC=CC3c2ccc([Si](C)(C)C)c(Cl)c2)[SiH](C)[C]12C(CC)=CC1=C2C=CC=CC1c1ccc([Si](C)(C)C)c(Cl)c1. The Hall–Kier alpha value is -3.37. The molecule has 0 aromatic heterocycles. The fraction of sp³-hybridized carbons (Fsp3) is 0.349. The van der Waals surface area contributed by atoms with E-state index >= 15 is 0 Å². The molecule has 5 spiro atoms. The van der Waals surface area contributed by atoms with Crippen LogP contribution in [0.1, 0.15) is 99.3 Å². The Morgan fingerprint density at radius 3 is 0.707 bits per heavy atom. The van der Waals surface area contributed by atoms with E-state index in [2.05, 4.69) is 314 Å². The van der Waals surface area contributed by atoms with Gasteiger partial charge in [-0.2, -0.15) is 0 Å². The van der Waals surface area contributed by atoms with Gasteiger partial charge in [-0.15, -0.1) is 0 Å². The van der Waals surface area contributed by atoms with Gasteiger partial charge >= 0.3 is 632 Å². The maximum absolute atomic E-state index is 11.8. The van der Waals surface area contributed by atoms with Gasteiger partial charge in [-0.25, -0.2) is 0 Å². The first-order valence-corrected chi connectivity index (χ1v) is 73.0. The number of allylic oxidation sites excluding steroid dienone is 32. The molecule has 0 radical (unpaired) electrons. The zero-order chi connectivity index (χ0) is 71.2. The van der Waals surface area contributed by atoms with E-state index in [9.17, 15) is 17.2 Å². The van der Waals surface area contributed by atoms with Crippen molar-refractivity contribution in [3.05, 3.63) is 304 Å². The third-order valence-corrected chi connectivity index (χ3v) is 153. The molecule has 514 valence electrons. The van der Waals surface area contributed by atoms with Crippen LogP contribution >= 0.6 is 63.6 Å². The summed E-state index contributed by atoms with van der Waals surface area (Å²) >= 11 is 22.5. The second-order valence-electron chi connectivity index (χ2n) is 34.7. The fourth-order valence-corrected chi connectivity index (χ4v) is 204. The molecule has 8 atom stereocenters. The second kappa shape index (κ2) is 24.1. The van der Waals surface area contributed by atoms with Crippen LogP contribution in [0.5, 0.6) is 0 Å². The minimum absolute atomic E-state index is 0.119. The van der Waals surface area contributed by atoms with Gasteiger partial charge in [0, 0.05) is 0 Å². The molecule has 10 aliphatic rings. The van der Waals surface area contributed by atoms with Crippen molar-refractivity contribution in [3.63, 3.8) is 0 Å². The predicted molar refractivity (Wildman–Crippen MR) is 452 cm³/mol. The van der Waals surface area contributed by atoms with Gasteiger partial charge in [-0.05, 0) is 0 Å². The van der Waals surface area contributed by atoms with Gasteiger partial charge < -0.3 is 0 Å². The van der Waals surface area contributed by atoms with Crippen molar-refractivity contribution in [2.24, 2.45) is 0 Å². The molecule has 2 saturated heterocycles. The van der Waals surface area contributed by atoms with Crippen LogP contribution in [0.15, 0.2) is 261 Å². The molecule has 13 heteroatoms. The molecule has 2 aliphatic heterocycles. The average molecular weight is 1690 g/mol. The Bertz CT molecular complexity index is 4200. The van der Waals surface area contributed by atoms with Crippen molar-refractivity contribution in [1.29, 1.82) is 0 Å². The first kappa shape index (κ1) is 72.6. The molecule has 2 heterocycles. The van der Waals surface area contributed by atoms with Crippen molar-refractivity contribution >= 4 is 134 Å². The summed E-state index contributed by atoms with van der Waals surface area (Å²) in [6.45, 7) is 44.2. The molecule has 0 nitrogen and oxygen atoms in total. The molecule has 0 bridgehead atoms. The van der Waals surface area contributed by atoms with Gasteiger partial charge in [0.1, 0.15) is 0 Å². The summed E-state index contributed by atoms with van der Waals surface area (Å²) in [6, 6.07) is 28.3. The summed E-state index contributed by atoms with van der Waals surface area (Å²) < 4.78 is -3.07.